The van der Waals surface area contributed by atoms with E-state index in [4.69, 9.17) is 4.74 Å². The highest BCUT2D eigenvalue weighted by atomic mass is 79.9. The van der Waals surface area contributed by atoms with Crippen molar-refractivity contribution < 1.29 is 22.7 Å². The first-order chi connectivity index (χ1) is 11.0. The van der Waals surface area contributed by atoms with Crippen LogP contribution in [-0.4, -0.2) is 22.6 Å². The van der Waals surface area contributed by atoms with Gasteiger partial charge >= 0.3 is 12.3 Å². The summed E-state index contributed by atoms with van der Waals surface area (Å²) in [6.45, 7) is 5.39. The molecule has 1 saturated carbocycles. The lowest BCUT2D eigenvalue weighted by molar-refractivity contribution is -0.137. The number of nitrogens with zero attached hydrogens (tertiary/aromatic N) is 1. The van der Waals surface area contributed by atoms with Crippen molar-refractivity contribution in [2.24, 2.45) is 0 Å². The molecule has 0 N–H and O–H groups in total. The van der Waals surface area contributed by atoms with E-state index in [2.05, 4.69) is 15.9 Å². The van der Waals surface area contributed by atoms with E-state index in [1.54, 1.807) is 20.8 Å². The second-order valence-corrected chi connectivity index (χ2v) is 7.85. The van der Waals surface area contributed by atoms with Gasteiger partial charge in [-0.25, -0.2) is 4.79 Å². The summed E-state index contributed by atoms with van der Waals surface area (Å²) in [6.07, 6.45) is -2.21. The molecule has 0 radical (unpaired) electrons. The second-order valence-electron chi connectivity index (χ2n) is 7.00. The van der Waals surface area contributed by atoms with Gasteiger partial charge in [-0.2, -0.15) is 13.2 Å². The summed E-state index contributed by atoms with van der Waals surface area (Å²) in [7, 11) is 0. The molecule has 1 aliphatic carbocycles. The molecular formula is C17H21BrF3NO2. The first-order valence-corrected chi connectivity index (χ1v) is 8.62. The number of benzene rings is 1. The minimum Gasteiger partial charge on any atom is -0.444 e. The summed E-state index contributed by atoms with van der Waals surface area (Å²) >= 11 is 3.28. The molecule has 1 aromatic rings. The monoisotopic (exact) mass is 407 g/mol. The SMILES string of the molecule is CC(C)(C)OC(=O)N(Cc1cc(C(F)(F)F)ccc1Br)C1CCC1. The van der Waals surface area contributed by atoms with E-state index in [1.807, 2.05) is 0 Å². The lowest BCUT2D eigenvalue weighted by Gasteiger charge is -2.38. The molecule has 1 aromatic carbocycles. The quantitative estimate of drug-likeness (QED) is 0.637. The fourth-order valence-electron chi connectivity index (χ4n) is 2.42. The highest BCUT2D eigenvalue weighted by molar-refractivity contribution is 9.10. The first-order valence-electron chi connectivity index (χ1n) is 7.82. The van der Waals surface area contributed by atoms with Crippen LogP contribution in [0.2, 0.25) is 0 Å². The lowest BCUT2D eigenvalue weighted by atomic mass is 9.91. The predicted octanol–water partition coefficient (Wildman–Crippen LogP) is 5.76. The number of ether oxygens (including phenoxy) is 1. The van der Waals surface area contributed by atoms with Crippen molar-refractivity contribution in [3.63, 3.8) is 0 Å². The third-order valence-corrected chi connectivity index (χ3v) is 4.63. The zero-order valence-corrected chi connectivity index (χ0v) is 15.5. The third kappa shape index (κ3) is 4.88. The van der Waals surface area contributed by atoms with Crippen molar-refractivity contribution >= 4 is 22.0 Å². The Morgan fingerprint density at radius 3 is 2.38 bits per heavy atom. The number of hydrogen-bond donors (Lipinski definition) is 0. The van der Waals surface area contributed by atoms with Gasteiger partial charge in [-0.05, 0) is 63.8 Å². The number of rotatable bonds is 3. The van der Waals surface area contributed by atoms with E-state index in [-0.39, 0.29) is 12.6 Å². The van der Waals surface area contributed by atoms with Crippen LogP contribution in [0.5, 0.6) is 0 Å². The molecule has 0 aliphatic heterocycles. The molecule has 0 unspecified atom stereocenters. The Balaban J connectivity index is 2.25. The maximum Gasteiger partial charge on any atom is 0.416 e. The summed E-state index contributed by atoms with van der Waals surface area (Å²) in [5, 5.41) is 0. The van der Waals surface area contributed by atoms with Gasteiger partial charge < -0.3 is 9.64 Å². The summed E-state index contributed by atoms with van der Waals surface area (Å²) in [5.74, 6) is 0. The van der Waals surface area contributed by atoms with Gasteiger partial charge in [0.25, 0.3) is 0 Å². The van der Waals surface area contributed by atoms with E-state index in [0.717, 1.165) is 31.4 Å². The van der Waals surface area contributed by atoms with Crippen LogP contribution in [0.15, 0.2) is 22.7 Å². The number of alkyl halides is 3. The van der Waals surface area contributed by atoms with Crippen LogP contribution in [0.4, 0.5) is 18.0 Å². The van der Waals surface area contributed by atoms with Gasteiger partial charge in [0.05, 0.1) is 12.1 Å². The number of halogens is 4. The molecule has 0 spiro atoms. The second kappa shape index (κ2) is 6.94. The van der Waals surface area contributed by atoms with Crippen molar-refractivity contribution in [1.82, 2.24) is 4.90 Å². The fourth-order valence-corrected chi connectivity index (χ4v) is 2.79. The van der Waals surface area contributed by atoms with Crippen molar-refractivity contribution in [1.29, 1.82) is 0 Å². The van der Waals surface area contributed by atoms with Gasteiger partial charge in [-0.15, -0.1) is 0 Å². The Labute approximate surface area is 148 Å². The molecule has 3 nitrogen and oxygen atoms in total. The van der Waals surface area contributed by atoms with Crippen molar-refractivity contribution in [3.8, 4) is 0 Å². The van der Waals surface area contributed by atoms with Crippen molar-refractivity contribution in [2.75, 3.05) is 0 Å². The van der Waals surface area contributed by atoms with Crippen LogP contribution in [0.1, 0.15) is 51.2 Å². The molecule has 134 valence electrons. The lowest BCUT2D eigenvalue weighted by Crippen LogP contribution is -2.46. The topological polar surface area (TPSA) is 29.5 Å². The zero-order chi connectivity index (χ0) is 18.1. The Kier molecular flexibility index (Phi) is 5.52. The predicted molar refractivity (Wildman–Crippen MR) is 88.6 cm³/mol. The normalized spacial score (nSPS) is 15.8. The van der Waals surface area contributed by atoms with Gasteiger partial charge in [0, 0.05) is 10.5 Å². The minimum atomic E-state index is -4.41. The molecule has 0 bridgehead atoms. The first kappa shape index (κ1) is 19.1. The average Bonchev–Trinajstić information content (AvgIpc) is 2.34. The van der Waals surface area contributed by atoms with Crippen LogP contribution in [0.25, 0.3) is 0 Å². The average molecular weight is 408 g/mol. The minimum absolute atomic E-state index is 0.0151. The molecule has 0 heterocycles. The van der Waals surface area contributed by atoms with Gasteiger partial charge in [0.2, 0.25) is 0 Å². The molecule has 1 aliphatic rings. The number of carbonyl (C=O) groups excluding carboxylic acids is 1. The molecule has 0 atom stereocenters. The van der Waals surface area contributed by atoms with E-state index < -0.39 is 23.4 Å². The van der Waals surface area contributed by atoms with E-state index in [1.165, 1.54) is 11.0 Å². The van der Waals surface area contributed by atoms with Crippen LogP contribution >= 0.6 is 15.9 Å². The molecule has 24 heavy (non-hydrogen) atoms. The van der Waals surface area contributed by atoms with Crippen LogP contribution in [0.3, 0.4) is 0 Å². The molecule has 1 fully saturated rings. The van der Waals surface area contributed by atoms with Crippen LogP contribution < -0.4 is 0 Å². The Morgan fingerprint density at radius 2 is 1.92 bits per heavy atom. The maximum atomic E-state index is 12.9. The smallest absolute Gasteiger partial charge is 0.416 e. The number of hydrogen-bond acceptors (Lipinski definition) is 2. The largest absolute Gasteiger partial charge is 0.444 e. The van der Waals surface area contributed by atoms with Gasteiger partial charge in [-0.3, -0.25) is 0 Å². The van der Waals surface area contributed by atoms with Gasteiger partial charge in [0.15, 0.2) is 0 Å². The van der Waals surface area contributed by atoms with E-state index in [0.29, 0.717) is 10.0 Å². The summed E-state index contributed by atoms with van der Waals surface area (Å²) < 4.78 is 44.8. The molecule has 0 aromatic heterocycles. The standard InChI is InChI=1S/C17H21BrF3NO2/c1-16(2,3)24-15(23)22(13-5-4-6-13)10-11-9-12(17(19,20)21)7-8-14(11)18/h7-9,13H,4-6,10H2,1-3H3. The summed E-state index contributed by atoms with van der Waals surface area (Å²) in [4.78, 5) is 14.0. The van der Waals surface area contributed by atoms with E-state index >= 15 is 0 Å². The zero-order valence-electron chi connectivity index (χ0n) is 13.9. The molecule has 0 saturated heterocycles. The fraction of sp³-hybridized carbons (Fsp3) is 0.588. The Hall–Kier alpha value is -1.24. The molecule has 7 heteroatoms. The van der Waals surface area contributed by atoms with Crippen molar-refractivity contribution in [3.05, 3.63) is 33.8 Å². The van der Waals surface area contributed by atoms with Gasteiger partial charge in [0.1, 0.15) is 5.60 Å². The highest BCUT2D eigenvalue weighted by Gasteiger charge is 2.34. The Morgan fingerprint density at radius 1 is 1.29 bits per heavy atom. The van der Waals surface area contributed by atoms with Crippen LogP contribution in [-0.2, 0) is 17.5 Å². The van der Waals surface area contributed by atoms with E-state index in [9.17, 15) is 18.0 Å². The van der Waals surface area contributed by atoms with Crippen LogP contribution in [0, 0.1) is 0 Å². The molecular weight excluding hydrogens is 387 g/mol. The Bertz CT molecular complexity index is 607. The van der Waals surface area contributed by atoms with Gasteiger partial charge in [-0.1, -0.05) is 15.9 Å². The highest BCUT2D eigenvalue weighted by Crippen LogP contribution is 2.34. The number of amides is 1. The molecule has 1 amide bonds. The maximum absolute atomic E-state index is 12.9. The van der Waals surface area contributed by atoms with Crippen molar-refractivity contribution in [2.45, 2.75) is 64.4 Å². The number of carbonyl (C=O) groups is 1. The summed E-state index contributed by atoms with van der Waals surface area (Å²) in [6, 6.07) is 3.49. The summed E-state index contributed by atoms with van der Waals surface area (Å²) in [5.41, 5.74) is -0.953. The molecule has 2 rings (SSSR count). The third-order valence-electron chi connectivity index (χ3n) is 3.86.